The van der Waals surface area contributed by atoms with Crippen molar-refractivity contribution in [3.63, 3.8) is 0 Å². The number of hydrogen-bond donors (Lipinski definition) is 0. The minimum absolute atomic E-state index is 0. The molecule has 6 aromatic rings. The van der Waals surface area contributed by atoms with Crippen molar-refractivity contribution in [3.05, 3.63) is 132 Å². The first kappa shape index (κ1) is 34.3. The molecule has 0 unspecified atom stereocenters. The van der Waals surface area contributed by atoms with Crippen molar-refractivity contribution < 1.29 is 25.9 Å². The molecule has 45 heavy (non-hydrogen) atoms. The number of fused-ring (bicyclic) bond motifs is 6. The van der Waals surface area contributed by atoms with E-state index in [1.807, 2.05) is 86.6 Å². The van der Waals surface area contributed by atoms with Gasteiger partial charge in [0.05, 0.1) is 9.79 Å². The van der Waals surface area contributed by atoms with E-state index in [2.05, 4.69) is 13.2 Å². The summed E-state index contributed by atoms with van der Waals surface area (Å²) in [5.74, 6) is 0. The smallest absolute Gasteiger partial charge is 0.744 e. The maximum atomic E-state index is 11.8. The van der Waals surface area contributed by atoms with Crippen LogP contribution in [0.15, 0.2) is 131 Å². The SMILES string of the molecule is C=C(C)Cc1ccc2c(ccc3ccccc32)c1S(=O)(=O)[O-].C=C(C)Cc1ccc2c(ccc3ccccc32)c1S(=O)(=O)[O-].[Mg+2]. The molecule has 6 rings (SSSR count). The van der Waals surface area contributed by atoms with Crippen molar-refractivity contribution >= 4 is 86.4 Å². The Morgan fingerprint density at radius 1 is 0.511 bits per heavy atom. The van der Waals surface area contributed by atoms with Gasteiger partial charge < -0.3 is 9.11 Å². The van der Waals surface area contributed by atoms with Crippen LogP contribution in [0.1, 0.15) is 25.0 Å². The van der Waals surface area contributed by atoms with Crippen LogP contribution < -0.4 is 0 Å². The third-order valence-corrected chi connectivity index (χ3v) is 9.36. The fraction of sp³-hybridized carbons (Fsp3) is 0.111. The van der Waals surface area contributed by atoms with E-state index < -0.39 is 20.2 Å². The summed E-state index contributed by atoms with van der Waals surface area (Å²) in [5, 5.41) is 6.41. The quantitative estimate of drug-likeness (QED) is 0.0795. The number of benzene rings is 6. The fourth-order valence-electron chi connectivity index (χ4n) is 5.73. The first-order valence-electron chi connectivity index (χ1n) is 13.8. The number of hydrogen-bond acceptors (Lipinski definition) is 6. The third-order valence-electron chi connectivity index (χ3n) is 7.40. The fourth-order valence-corrected chi connectivity index (χ4v) is 7.55. The van der Waals surface area contributed by atoms with E-state index in [0.717, 1.165) is 43.5 Å². The average Bonchev–Trinajstić information content (AvgIpc) is 2.95. The Labute approximate surface area is 279 Å². The molecule has 0 aliphatic rings. The van der Waals surface area contributed by atoms with E-state index in [1.165, 1.54) is 0 Å². The van der Waals surface area contributed by atoms with Gasteiger partial charge in [-0.15, -0.1) is 0 Å². The molecule has 224 valence electrons. The average molecular weight is 647 g/mol. The summed E-state index contributed by atoms with van der Waals surface area (Å²) in [6.07, 6.45) is 0.749. The Bertz CT molecular complexity index is 2180. The van der Waals surface area contributed by atoms with Crippen LogP contribution in [0.25, 0.3) is 43.1 Å². The molecule has 0 amide bonds. The largest absolute Gasteiger partial charge is 2.00 e. The van der Waals surface area contributed by atoms with Crippen LogP contribution in [-0.2, 0) is 33.1 Å². The molecule has 0 atom stereocenters. The maximum absolute atomic E-state index is 11.8. The van der Waals surface area contributed by atoms with Crippen LogP contribution in [0.2, 0.25) is 0 Å². The van der Waals surface area contributed by atoms with Crippen molar-refractivity contribution in [2.24, 2.45) is 0 Å². The zero-order valence-electron chi connectivity index (χ0n) is 25.0. The van der Waals surface area contributed by atoms with Gasteiger partial charge in [-0.25, -0.2) is 16.8 Å². The Morgan fingerprint density at radius 2 is 0.844 bits per heavy atom. The van der Waals surface area contributed by atoms with Gasteiger partial charge in [-0.1, -0.05) is 121 Å². The molecule has 0 aliphatic carbocycles. The molecular formula is C36H30MgO6S2. The van der Waals surface area contributed by atoms with E-state index in [0.29, 0.717) is 34.7 Å². The van der Waals surface area contributed by atoms with E-state index in [1.54, 1.807) is 24.3 Å². The molecule has 0 saturated carbocycles. The normalized spacial score (nSPS) is 11.6. The van der Waals surface area contributed by atoms with Crippen LogP contribution in [0.4, 0.5) is 0 Å². The first-order valence-corrected chi connectivity index (χ1v) is 16.6. The molecule has 0 bridgehead atoms. The predicted molar refractivity (Wildman–Crippen MR) is 182 cm³/mol. The molecule has 0 spiro atoms. The summed E-state index contributed by atoms with van der Waals surface area (Å²) in [6, 6.07) is 29.7. The van der Waals surface area contributed by atoms with Gasteiger partial charge in [-0.2, -0.15) is 0 Å². The van der Waals surface area contributed by atoms with E-state index in [9.17, 15) is 25.9 Å². The number of rotatable bonds is 6. The van der Waals surface area contributed by atoms with Gasteiger partial charge >= 0.3 is 23.1 Å². The minimum Gasteiger partial charge on any atom is -0.744 e. The van der Waals surface area contributed by atoms with Crippen molar-refractivity contribution in [2.75, 3.05) is 0 Å². The van der Waals surface area contributed by atoms with Gasteiger partial charge in [0, 0.05) is 10.8 Å². The monoisotopic (exact) mass is 646 g/mol. The first-order chi connectivity index (χ1) is 20.8. The van der Waals surface area contributed by atoms with Crippen molar-refractivity contribution in [2.45, 2.75) is 36.5 Å². The Kier molecular flexibility index (Phi) is 10.2. The van der Waals surface area contributed by atoms with E-state index >= 15 is 0 Å². The standard InChI is InChI=1S/2C18H16O3S.Mg/c2*1-12(2)11-14-8-9-16-15-6-4-3-5-13(15)7-10-17(16)18(14)22(19,20)21;/h2*3-10H,1,11H2,2H3,(H,19,20,21);/q;;+2/p-2. The minimum atomic E-state index is -4.57. The Hall–Kier alpha value is -3.57. The summed E-state index contributed by atoms with van der Waals surface area (Å²) in [5.41, 5.74) is 2.63. The molecule has 9 heteroatoms. The van der Waals surface area contributed by atoms with E-state index in [-0.39, 0.29) is 32.8 Å². The van der Waals surface area contributed by atoms with Crippen LogP contribution in [0.5, 0.6) is 0 Å². The van der Waals surface area contributed by atoms with Crippen LogP contribution in [0.3, 0.4) is 0 Å². The molecule has 0 aliphatic heterocycles. The molecule has 0 aromatic heterocycles. The maximum Gasteiger partial charge on any atom is 2.00 e. The summed E-state index contributed by atoms with van der Waals surface area (Å²) >= 11 is 0. The summed E-state index contributed by atoms with van der Waals surface area (Å²) in [7, 11) is -9.13. The van der Waals surface area contributed by atoms with Gasteiger partial charge in [-0.05, 0) is 70.1 Å². The van der Waals surface area contributed by atoms with Crippen molar-refractivity contribution in [1.29, 1.82) is 0 Å². The predicted octanol–water partition coefficient (Wildman–Crippen LogP) is 7.65. The van der Waals surface area contributed by atoms with Crippen LogP contribution >= 0.6 is 0 Å². The van der Waals surface area contributed by atoms with Crippen LogP contribution in [-0.4, -0.2) is 49.0 Å². The number of allylic oxidation sites excluding steroid dienone is 2. The summed E-state index contributed by atoms with van der Waals surface area (Å²) in [4.78, 5) is -0.252. The Morgan fingerprint density at radius 3 is 1.18 bits per heavy atom. The van der Waals surface area contributed by atoms with Crippen molar-refractivity contribution in [1.82, 2.24) is 0 Å². The van der Waals surface area contributed by atoms with Gasteiger partial charge in [-0.3, -0.25) is 0 Å². The Balaban J connectivity index is 0.000000200. The second kappa shape index (κ2) is 13.4. The molecule has 6 aromatic carbocycles. The molecule has 0 heterocycles. The van der Waals surface area contributed by atoms with Gasteiger partial charge in [0.25, 0.3) is 0 Å². The molecule has 6 nitrogen and oxygen atoms in total. The van der Waals surface area contributed by atoms with Crippen LogP contribution in [0, 0.1) is 0 Å². The molecule has 0 radical (unpaired) electrons. The van der Waals surface area contributed by atoms with Gasteiger partial charge in [0.1, 0.15) is 20.2 Å². The van der Waals surface area contributed by atoms with E-state index in [4.69, 9.17) is 0 Å². The second-order valence-electron chi connectivity index (χ2n) is 11.0. The third kappa shape index (κ3) is 7.30. The second-order valence-corrected chi connectivity index (χ2v) is 13.7. The molecular weight excluding hydrogens is 617 g/mol. The molecule has 0 fully saturated rings. The molecule has 0 N–H and O–H groups in total. The zero-order chi connectivity index (χ0) is 31.8. The molecule has 0 saturated heterocycles. The van der Waals surface area contributed by atoms with Gasteiger partial charge in [0.15, 0.2) is 0 Å². The van der Waals surface area contributed by atoms with Crippen molar-refractivity contribution in [3.8, 4) is 0 Å². The zero-order valence-corrected chi connectivity index (χ0v) is 28.1. The van der Waals surface area contributed by atoms with Gasteiger partial charge in [0.2, 0.25) is 0 Å². The summed E-state index contributed by atoms with van der Waals surface area (Å²) in [6.45, 7) is 11.2. The summed E-state index contributed by atoms with van der Waals surface area (Å²) < 4.78 is 70.8. The topological polar surface area (TPSA) is 114 Å².